The van der Waals surface area contributed by atoms with Crippen molar-refractivity contribution in [3.8, 4) is 0 Å². The number of aliphatic carboxylic acids is 1. The molecule has 1 aliphatic carbocycles. The Bertz CT molecular complexity index is 557. The van der Waals surface area contributed by atoms with Crippen LogP contribution in [0.4, 0.5) is 0 Å². The van der Waals surface area contributed by atoms with Crippen LogP contribution < -0.4 is 0 Å². The molecule has 0 unspecified atom stereocenters. The molecular weight excluding hydrogens is 206 g/mol. The summed E-state index contributed by atoms with van der Waals surface area (Å²) >= 11 is 0. The minimum Gasteiger partial charge on any atom is -0.481 e. The van der Waals surface area contributed by atoms with Gasteiger partial charge in [0, 0.05) is 0 Å². The predicted molar refractivity (Wildman–Crippen MR) is 57.1 cm³/mol. The maximum atomic E-state index is 10.6. The van der Waals surface area contributed by atoms with E-state index < -0.39 is 5.97 Å². The molecular formula is C11H11N3O2. The van der Waals surface area contributed by atoms with Crippen molar-refractivity contribution in [2.24, 2.45) is 0 Å². The zero-order chi connectivity index (χ0) is 11.1. The zero-order valence-corrected chi connectivity index (χ0v) is 8.63. The summed E-state index contributed by atoms with van der Waals surface area (Å²) in [5.74, 6) is -0.825. The van der Waals surface area contributed by atoms with E-state index in [1.165, 1.54) is 0 Å². The Morgan fingerprint density at radius 2 is 2.31 bits per heavy atom. The van der Waals surface area contributed by atoms with Crippen molar-refractivity contribution in [3.05, 3.63) is 23.8 Å². The van der Waals surface area contributed by atoms with Crippen LogP contribution in [0.15, 0.2) is 18.2 Å². The van der Waals surface area contributed by atoms with E-state index in [1.807, 2.05) is 16.8 Å². The van der Waals surface area contributed by atoms with Gasteiger partial charge in [-0.1, -0.05) is 11.3 Å². The number of carboxylic acid groups (broad SMARTS) is 1. The molecule has 2 aromatic rings. The lowest BCUT2D eigenvalue weighted by Crippen LogP contribution is -2.00. The standard InChI is InChI=1S/C11H11N3O2/c15-11(16)6-7-1-4-10-9(5-7)12-13-14(10)8-2-3-8/h1,4-5,8H,2-3,6H2,(H,15,16). The highest BCUT2D eigenvalue weighted by molar-refractivity contribution is 5.78. The van der Waals surface area contributed by atoms with Crippen LogP contribution in [0.25, 0.3) is 11.0 Å². The third-order valence-electron chi connectivity index (χ3n) is 2.78. The van der Waals surface area contributed by atoms with Gasteiger partial charge in [-0.05, 0) is 30.5 Å². The van der Waals surface area contributed by atoms with Crippen LogP contribution in [0.3, 0.4) is 0 Å². The number of carboxylic acids is 1. The largest absolute Gasteiger partial charge is 0.481 e. The van der Waals surface area contributed by atoms with E-state index in [9.17, 15) is 4.79 Å². The number of carbonyl (C=O) groups is 1. The Morgan fingerprint density at radius 3 is 3.00 bits per heavy atom. The summed E-state index contributed by atoms with van der Waals surface area (Å²) in [7, 11) is 0. The van der Waals surface area contributed by atoms with E-state index >= 15 is 0 Å². The number of rotatable bonds is 3. The summed E-state index contributed by atoms with van der Waals surface area (Å²) in [5, 5.41) is 16.9. The number of nitrogens with zero attached hydrogens (tertiary/aromatic N) is 3. The van der Waals surface area contributed by atoms with Crippen molar-refractivity contribution in [3.63, 3.8) is 0 Å². The van der Waals surface area contributed by atoms with Crippen molar-refractivity contribution in [1.82, 2.24) is 15.0 Å². The fraction of sp³-hybridized carbons (Fsp3) is 0.364. The summed E-state index contributed by atoms with van der Waals surface area (Å²) in [6.07, 6.45) is 2.36. The van der Waals surface area contributed by atoms with Gasteiger partial charge >= 0.3 is 5.97 Å². The Balaban J connectivity index is 2.02. The highest BCUT2D eigenvalue weighted by Crippen LogP contribution is 2.36. The predicted octanol–water partition coefficient (Wildman–Crippen LogP) is 1.39. The smallest absolute Gasteiger partial charge is 0.307 e. The van der Waals surface area contributed by atoms with E-state index in [2.05, 4.69) is 10.3 Å². The monoisotopic (exact) mass is 217 g/mol. The first-order valence-electron chi connectivity index (χ1n) is 5.29. The Morgan fingerprint density at radius 1 is 1.50 bits per heavy atom. The van der Waals surface area contributed by atoms with Gasteiger partial charge in [0.05, 0.1) is 18.0 Å². The second kappa shape index (κ2) is 3.30. The Hall–Kier alpha value is -1.91. The minimum atomic E-state index is -0.825. The van der Waals surface area contributed by atoms with Crippen LogP contribution >= 0.6 is 0 Å². The number of fused-ring (bicyclic) bond motifs is 1. The van der Waals surface area contributed by atoms with Crippen LogP contribution in [0.1, 0.15) is 24.4 Å². The molecule has 0 saturated heterocycles. The molecule has 1 heterocycles. The van der Waals surface area contributed by atoms with Crippen molar-refractivity contribution in [1.29, 1.82) is 0 Å². The molecule has 5 nitrogen and oxygen atoms in total. The van der Waals surface area contributed by atoms with Crippen molar-refractivity contribution in [2.75, 3.05) is 0 Å². The Labute approximate surface area is 91.7 Å². The molecule has 5 heteroatoms. The molecule has 0 bridgehead atoms. The van der Waals surface area contributed by atoms with E-state index in [-0.39, 0.29) is 6.42 Å². The first kappa shape index (κ1) is 9.33. The lowest BCUT2D eigenvalue weighted by atomic mass is 10.1. The van der Waals surface area contributed by atoms with Gasteiger partial charge in [-0.2, -0.15) is 0 Å². The topological polar surface area (TPSA) is 68.0 Å². The van der Waals surface area contributed by atoms with Crippen molar-refractivity contribution in [2.45, 2.75) is 25.3 Å². The molecule has 0 atom stereocenters. The quantitative estimate of drug-likeness (QED) is 0.843. The molecule has 0 radical (unpaired) electrons. The van der Waals surface area contributed by atoms with Gasteiger partial charge in [-0.3, -0.25) is 4.79 Å². The lowest BCUT2D eigenvalue weighted by molar-refractivity contribution is -0.136. The molecule has 1 fully saturated rings. The number of benzene rings is 1. The van der Waals surface area contributed by atoms with Gasteiger partial charge in [-0.25, -0.2) is 4.68 Å². The average Bonchev–Trinajstić information content (AvgIpc) is 2.98. The summed E-state index contributed by atoms with van der Waals surface area (Å²) in [5.41, 5.74) is 2.55. The van der Waals surface area contributed by atoms with E-state index in [0.29, 0.717) is 6.04 Å². The van der Waals surface area contributed by atoms with Crippen LogP contribution in [0, 0.1) is 0 Å². The molecule has 3 rings (SSSR count). The second-order valence-electron chi connectivity index (χ2n) is 4.16. The molecule has 0 spiro atoms. The third kappa shape index (κ3) is 1.54. The summed E-state index contributed by atoms with van der Waals surface area (Å²) in [6, 6.07) is 6.04. The van der Waals surface area contributed by atoms with Crippen LogP contribution in [-0.2, 0) is 11.2 Å². The molecule has 1 N–H and O–H groups in total. The molecule has 1 aromatic heterocycles. The van der Waals surface area contributed by atoms with Gasteiger partial charge in [0.1, 0.15) is 5.52 Å². The molecule has 1 aliphatic rings. The molecule has 16 heavy (non-hydrogen) atoms. The summed E-state index contributed by atoms with van der Waals surface area (Å²) in [4.78, 5) is 10.6. The van der Waals surface area contributed by atoms with Crippen molar-refractivity contribution < 1.29 is 9.90 Å². The maximum absolute atomic E-state index is 10.6. The third-order valence-corrected chi connectivity index (χ3v) is 2.78. The van der Waals surface area contributed by atoms with Gasteiger partial charge in [-0.15, -0.1) is 5.10 Å². The number of hydrogen-bond acceptors (Lipinski definition) is 3. The highest BCUT2D eigenvalue weighted by Gasteiger charge is 2.26. The van der Waals surface area contributed by atoms with Gasteiger partial charge in [0.15, 0.2) is 0 Å². The van der Waals surface area contributed by atoms with E-state index in [0.717, 1.165) is 29.4 Å². The van der Waals surface area contributed by atoms with Crippen LogP contribution in [-0.4, -0.2) is 26.1 Å². The van der Waals surface area contributed by atoms with Crippen LogP contribution in [0.2, 0.25) is 0 Å². The van der Waals surface area contributed by atoms with Gasteiger partial charge in [0.25, 0.3) is 0 Å². The van der Waals surface area contributed by atoms with E-state index in [4.69, 9.17) is 5.11 Å². The average molecular weight is 217 g/mol. The maximum Gasteiger partial charge on any atom is 0.307 e. The number of hydrogen-bond donors (Lipinski definition) is 1. The first-order chi connectivity index (χ1) is 7.74. The fourth-order valence-corrected chi connectivity index (χ4v) is 1.86. The highest BCUT2D eigenvalue weighted by atomic mass is 16.4. The molecule has 0 amide bonds. The summed E-state index contributed by atoms with van der Waals surface area (Å²) < 4.78 is 1.93. The lowest BCUT2D eigenvalue weighted by Gasteiger charge is -1.99. The Kier molecular flexibility index (Phi) is 1.92. The normalized spacial score (nSPS) is 15.5. The van der Waals surface area contributed by atoms with Crippen molar-refractivity contribution >= 4 is 17.0 Å². The van der Waals surface area contributed by atoms with Crippen LogP contribution in [0.5, 0.6) is 0 Å². The molecule has 1 saturated carbocycles. The minimum absolute atomic E-state index is 0.0340. The zero-order valence-electron chi connectivity index (χ0n) is 8.63. The molecule has 1 aromatic carbocycles. The fourth-order valence-electron chi connectivity index (χ4n) is 1.86. The SMILES string of the molecule is O=C(O)Cc1ccc2c(c1)nnn2C1CC1. The number of aromatic nitrogens is 3. The van der Waals surface area contributed by atoms with Gasteiger partial charge in [0.2, 0.25) is 0 Å². The molecule has 0 aliphatic heterocycles. The second-order valence-corrected chi connectivity index (χ2v) is 4.16. The first-order valence-corrected chi connectivity index (χ1v) is 5.29. The van der Waals surface area contributed by atoms with E-state index in [1.54, 1.807) is 6.07 Å². The van der Waals surface area contributed by atoms with Gasteiger partial charge < -0.3 is 5.11 Å². The molecule has 82 valence electrons. The summed E-state index contributed by atoms with van der Waals surface area (Å²) in [6.45, 7) is 0.